The molecule has 6 rings (SSSR count). The molecule has 4 atom stereocenters. The largest absolute Gasteiger partial charge is 0.366 e. The smallest absolute Gasteiger partial charge is 0.257 e. The molecule has 7 nitrogen and oxygen atoms in total. The average Bonchev–Trinajstić information content (AvgIpc) is 3.11. The van der Waals surface area contributed by atoms with Crippen LogP contribution in [0.5, 0.6) is 0 Å². The van der Waals surface area contributed by atoms with Gasteiger partial charge in [0.25, 0.3) is 5.91 Å². The van der Waals surface area contributed by atoms with E-state index >= 15 is 0 Å². The summed E-state index contributed by atoms with van der Waals surface area (Å²) in [7, 11) is 0. The summed E-state index contributed by atoms with van der Waals surface area (Å²) in [5, 5.41) is 6.56. The number of fused-ring (bicyclic) bond motifs is 4. The number of amides is 1. The van der Waals surface area contributed by atoms with Gasteiger partial charge in [-0.2, -0.15) is 0 Å². The molecule has 1 amide bonds. The number of nitrogens with one attached hydrogen (secondary N) is 2. The second-order valence-corrected chi connectivity index (χ2v) is 8.60. The van der Waals surface area contributed by atoms with Crippen LogP contribution in [0.25, 0.3) is 0 Å². The number of benzene rings is 1. The summed E-state index contributed by atoms with van der Waals surface area (Å²) in [5.74, 6) is -1.18. The van der Waals surface area contributed by atoms with E-state index in [1.807, 2.05) is 6.07 Å². The van der Waals surface area contributed by atoms with Gasteiger partial charge in [0.05, 0.1) is 11.6 Å². The first-order chi connectivity index (χ1) is 14.0. The topological polar surface area (TPSA) is 81.8 Å². The lowest BCUT2D eigenvalue weighted by Gasteiger charge is -2.47. The normalized spacial score (nSPS) is 31.1. The monoisotopic (exact) mass is 400 g/mol. The van der Waals surface area contributed by atoms with Crippen LogP contribution in [0.4, 0.5) is 10.1 Å². The highest BCUT2D eigenvalue weighted by Gasteiger charge is 2.39. The van der Waals surface area contributed by atoms with Gasteiger partial charge in [-0.15, -0.1) is 0 Å². The Morgan fingerprint density at radius 3 is 2.45 bits per heavy atom. The SMILES string of the molecule is O=CC(=O)C1CCC(N2Cc3cc(N4CC5CCC4CN5)cc(F)c3C2=O)CN1. The molecule has 154 valence electrons. The van der Waals surface area contributed by atoms with Gasteiger partial charge in [-0.05, 0) is 43.4 Å². The van der Waals surface area contributed by atoms with Crippen LogP contribution in [-0.2, 0) is 16.1 Å². The predicted octanol–water partition coefficient (Wildman–Crippen LogP) is 0.611. The third-order valence-electron chi connectivity index (χ3n) is 6.94. The van der Waals surface area contributed by atoms with Gasteiger partial charge in [0, 0.05) is 50.0 Å². The Morgan fingerprint density at radius 2 is 1.83 bits per heavy atom. The van der Waals surface area contributed by atoms with Crippen LogP contribution < -0.4 is 15.5 Å². The molecule has 1 aromatic carbocycles. The number of Topliss-reactive ketones (excluding diaryl/α,β-unsaturated/α-hetero) is 1. The summed E-state index contributed by atoms with van der Waals surface area (Å²) in [4.78, 5) is 39.1. The predicted molar refractivity (Wildman–Crippen MR) is 104 cm³/mol. The van der Waals surface area contributed by atoms with Crippen molar-refractivity contribution >= 4 is 23.7 Å². The average molecular weight is 400 g/mol. The standard InChI is InChI=1S/C21H25FN4O3/c22-17-6-16(25-10-13-1-2-14(25)7-23-13)5-12-9-26(21(29)20(12)17)15-3-4-18(24-8-15)19(28)11-27/h5-6,11,13-15,18,23-24H,1-4,7-10H2. The lowest BCUT2D eigenvalue weighted by atomic mass is 9.92. The number of piperazine rings is 1. The Bertz CT molecular complexity index is 860. The summed E-state index contributed by atoms with van der Waals surface area (Å²) in [6.45, 7) is 2.61. The lowest BCUT2D eigenvalue weighted by Crippen LogP contribution is -2.61. The Hall–Kier alpha value is -2.32. The number of carbonyl (C=O) groups excluding carboxylic acids is 3. The minimum Gasteiger partial charge on any atom is -0.366 e. The van der Waals surface area contributed by atoms with Gasteiger partial charge in [-0.1, -0.05) is 0 Å². The van der Waals surface area contributed by atoms with E-state index in [-0.39, 0.29) is 17.5 Å². The van der Waals surface area contributed by atoms with Crippen molar-refractivity contribution < 1.29 is 18.8 Å². The van der Waals surface area contributed by atoms with Gasteiger partial charge < -0.3 is 20.4 Å². The molecule has 2 bridgehead atoms. The molecule has 29 heavy (non-hydrogen) atoms. The maximum Gasteiger partial charge on any atom is 0.257 e. The van der Waals surface area contributed by atoms with E-state index in [4.69, 9.17) is 0 Å². The number of hydrogen-bond donors (Lipinski definition) is 2. The van der Waals surface area contributed by atoms with E-state index < -0.39 is 17.6 Å². The number of ketones is 1. The summed E-state index contributed by atoms with van der Waals surface area (Å²) >= 11 is 0. The van der Waals surface area contributed by atoms with Crippen LogP contribution in [0, 0.1) is 5.82 Å². The van der Waals surface area contributed by atoms with Crippen LogP contribution in [-0.4, -0.2) is 66.7 Å². The molecule has 0 spiro atoms. The number of halogens is 1. The molecular weight excluding hydrogens is 375 g/mol. The molecule has 5 heterocycles. The zero-order valence-electron chi connectivity index (χ0n) is 16.2. The molecule has 0 saturated carbocycles. The van der Waals surface area contributed by atoms with Gasteiger partial charge in [0.2, 0.25) is 5.78 Å². The van der Waals surface area contributed by atoms with E-state index in [1.54, 1.807) is 4.90 Å². The van der Waals surface area contributed by atoms with E-state index in [1.165, 1.54) is 6.07 Å². The second-order valence-electron chi connectivity index (χ2n) is 8.60. The van der Waals surface area contributed by atoms with Crippen molar-refractivity contribution in [2.24, 2.45) is 0 Å². The van der Waals surface area contributed by atoms with Gasteiger partial charge in [0.15, 0.2) is 6.29 Å². The molecule has 4 unspecified atom stereocenters. The Kier molecular flexibility index (Phi) is 4.63. The third kappa shape index (κ3) is 3.14. The maximum absolute atomic E-state index is 15.0. The van der Waals surface area contributed by atoms with Crippen molar-refractivity contribution in [2.75, 3.05) is 24.5 Å². The van der Waals surface area contributed by atoms with Crippen molar-refractivity contribution in [3.8, 4) is 0 Å². The molecular formula is C21H25FN4O3. The van der Waals surface area contributed by atoms with E-state index in [0.29, 0.717) is 44.3 Å². The Labute approximate surface area is 168 Å². The Morgan fingerprint density at radius 1 is 1.07 bits per heavy atom. The summed E-state index contributed by atoms with van der Waals surface area (Å²) in [6, 6.07) is 3.73. The number of piperidine rings is 3. The van der Waals surface area contributed by atoms with Crippen LogP contribution in [0.2, 0.25) is 0 Å². The van der Waals surface area contributed by atoms with Crippen LogP contribution in [0.15, 0.2) is 12.1 Å². The lowest BCUT2D eigenvalue weighted by molar-refractivity contribution is -0.131. The summed E-state index contributed by atoms with van der Waals surface area (Å²) in [5.41, 5.74) is 1.79. The number of anilines is 1. The molecule has 5 aliphatic heterocycles. The van der Waals surface area contributed by atoms with E-state index in [2.05, 4.69) is 15.5 Å². The highest BCUT2D eigenvalue weighted by atomic mass is 19.1. The van der Waals surface area contributed by atoms with Crippen molar-refractivity contribution in [3.05, 3.63) is 29.1 Å². The minimum atomic E-state index is -0.477. The Balaban J connectivity index is 1.34. The van der Waals surface area contributed by atoms with E-state index in [9.17, 15) is 18.8 Å². The highest BCUT2D eigenvalue weighted by molar-refractivity contribution is 6.27. The zero-order chi connectivity index (χ0) is 20.1. The number of carbonyl (C=O) groups is 3. The molecule has 8 heteroatoms. The summed E-state index contributed by atoms with van der Waals surface area (Å²) in [6.07, 6.45) is 3.72. The molecule has 0 aromatic heterocycles. The highest BCUT2D eigenvalue weighted by Crippen LogP contribution is 2.35. The minimum absolute atomic E-state index is 0.108. The molecule has 5 aliphatic rings. The molecule has 4 fully saturated rings. The van der Waals surface area contributed by atoms with Crippen molar-refractivity contribution in [2.45, 2.75) is 56.4 Å². The van der Waals surface area contributed by atoms with Gasteiger partial charge >= 0.3 is 0 Å². The van der Waals surface area contributed by atoms with Crippen molar-refractivity contribution in [3.63, 3.8) is 0 Å². The number of nitrogens with zero attached hydrogens (tertiary/aromatic N) is 2. The summed E-state index contributed by atoms with van der Waals surface area (Å²) < 4.78 is 15.0. The molecule has 2 N–H and O–H groups in total. The van der Waals surface area contributed by atoms with Crippen molar-refractivity contribution in [1.82, 2.24) is 15.5 Å². The van der Waals surface area contributed by atoms with E-state index in [0.717, 1.165) is 37.2 Å². The molecule has 4 saturated heterocycles. The second kappa shape index (κ2) is 7.18. The number of hydrogen-bond acceptors (Lipinski definition) is 6. The zero-order valence-corrected chi connectivity index (χ0v) is 16.2. The molecule has 1 aromatic rings. The van der Waals surface area contributed by atoms with Crippen LogP contribution in [0.1, 0.15) is 41.6 Å². The fraction of sp³-hybridized carbons (Fsp3) is 0.571. The van der Waals surface area contributed by atoms with Gasteiger partial charge in [0.1, 0.15) is 5.82 Å². The quantitative estimate of drug-likeness (QED) is 0.569. The first-order valence-electron chi connectivity index (χ1n) is 10.4. The van der Waals surface area contributed by atoms with Gasteiger partial charge in [-0.25, -0.2) is 4.39 Å². The first-order valence-corrected chi connectivity index (χ1v) is 10.4. The first kappa shape index (κ1) is 18.7. The fourth-order valence-electron chi connectivity index (χ4n) is 5.33. The van der Waals surface area contributed by atoms with Crippen LogP contribution in [0.3, 0.4) is 0 Å². The fourth-order valence-corrected chi connectivity index (χ4v) is 5.33. The number of rotatable bonds is 4. The molecule has 0 radical (unpaired) electrons. The molecule has 0 aliphatic carbocycles. The van der Waals surface area contributed by atoms with Crippen molar-refractivity contribution in [1.29, 1.82) is 0 Å². The third-order valence-corrected chi connectivity index (χ3v) is 6.94. The van der Waals surface area contributed by atoms with Crippen LogP contribution >= 0.6 is 0 Å². The van der Waals surface area contributed by atoms with Gasteiger partial charge in [-0.3, -0.25) is 14.4 Å². The number of aldehydes is 1. The maximum atomic E-state index is 15.0.